The van der Waals surface area contributed by atoms with Gasteiger partial charge in [-0.3, -0.25) is 0 Å². The van der Waals surface area contributed by atoms with Crippen molar-refractivity contribution in [3.8, 4) is 0 Å². The molecule has 0 fully saturated rings. The van der Waals surface area contributed by atoms with Crippen LogP contribution in [0.5, 0.6) is 0 Å². The van der Waals surface area contributed by atoms with Crippen molar-refractivity contribution in [1.29, 1.82) is 0 Å². The van der Waals surface area contributed by atoms with Crippen LogP contribution in [0.2, 0.25) is 0 Å². The van der Waals surface area contributed by atoms with Gasteiger partial charge in [0.1, 0.15) is 0 Å². The van der Waals surface area contributed by atoms with E-state index >= 15 is 0 Å². The fourth-order valence-electron chi connectivity index (χ4n) is 5.17. The molecule has 2 aliphatic rings. The van der Waals surface area contributed by atoms with Crippen LogP contribution in [0.25, 0.3) is 0 Å². The molecule has 2 N–H and O–H groups in total. The minimum atomic E-state index is 0. The van der Waals surface area contributed by atoms with Crippen LogP contribution in [0.4, 0.5) is 22.7 Å². The van der Waals surface area contributed by atoms with Crippen LogP contribution in [0.15, 0.2) is 72.8 Å². The second kappa shape index (κ2) is 15.5. The van der Waals surface area contributed by atoms with Crippen LogP contribution in [0.1, 0.15) is 46.2 Å². The van der Waals surface area contributed by atoms with Gasteiger partial charge >= 0.3 is 0 Å². The van der Waals surface area contributed by atoms with E-state index in [2.05, 4.69) is 97.3 Å². The molecule has 0 bridgehead atoms. The van der Waals surface area contributed by atoms with E-state index in [-0.39, 0.29) is 65.4 Å². The molecule has 0 spiro atoms. The predicted octanol–water partition coefficient (Wildman–Crippen LogP) is 8.19. The molecule has 2 nitrogen and oxygen atoms in total. The molecule has 2 radical (unpaired) electrons. The Balaban J connectivity index is 0.000000200. The molecule has 0 unspecified atom stereocenters. The van der Waals surface area contributed by atoms with Crippen molar-refractivity contribution in [1.82, 2.24) is 0 Å². The first-order valence-electron chi connectivity index (χ1n) is 13.1. The first-order chi connectivity index (χ1) is 17.7. The van der Waals surface area contributed by atoms with Gasteiger partial charge in [-0.15, -0.1) is 18.2 Å². The Morgan fingerprint density at radius 3 is 2.24 bits per heavy atom. The molecule has 2 aliphatic carbocycles. The topological polar surface area (TPSA) is 24.1 Å². The predicted molar refractivity (Wildman–Crippen MR) is 152 cm³/mol. The molecule has 190 valence electrons. The van der Waals surface area contributed by atoms with Crippen LogP contribution in [0.3, 0.4) is 0 Å². The van der Waals surface area contributed by atoms with Crippen LogP contribution < -0.4 is 10.6 Å². The van der Waals surface area contributed by atoms with Gasteiger partial charge < -0.3 is 24.5 Å². The van der Waals surface area contributed by atoms with E-state index in [9.17, 15) is 0 Å². The summed E-state index contributed by atoms with van der Waals surface area (Å²) in [6.07, 6.45) is 8.99. The van der Waals surface area contributed by atoms with Crippen molar-refractivity contribution in [2.45, 2.75) is 51.4 Å². The zero-order chi connectivity index (χ0) is 24.7. The van der Waals surface area contributed by atoms with Gasteiger partial charge in [0.05, 0.1) is 0 Å². The Morgan fingerprint density at radius 1 is 0.658 bits per heavy atom. The maximum absolute atomic E-state index is 3.90. The van der Waals surface area contributed by atoms with E-state index < -0.39 is 0 Å². The normalized spacial score (nSPS) is 12.7. The number of fused-ring (bicyclic) bond motifs is 2. The van der Waals surface area contributed by atoms with Crippen molar-refractivity contribution in [2.24, 2.45) is 0 Å². The first kappa shape index (κ1) is 31.2. The number of nitrogens with one attached hydrogen (secondary N) is 2. The summed E-state index contributed by atoms with van der Waals surface area (Å²) in [5.41, 5.74) is 12.8. The first-order valence-corrected chi connectivity index (χ1v) is 13.1. The molecular formula is C34H34N2Y2-4. The molecular weight excluding hydrogens is 614 g/mol. The Kier molecular flexibility index (Phi) is 12.7. The number of hydrogen-bond donors (Lipinski definition) is 2. The summed E-state index contributed by atoms with van der Waals surface area (Å²) in [6.45, 7) is 7.80. The minimum absolute atomic E-state index is 0. The SMILES string of the molecule is [CH2-]Cc1[c-]c(Nc2cccc3c2CCC3)ccc1.[CH2-]Cc1[c-]ccc(Nc2ccc3c(c2)CCC3)c1.[Y].[Y]. The second-order valence-electron chi connectivity index (χ2n) is 9.58. The Labute approximate surface area is 279 Å². The standard InChI is InChI=1S/2C17H17N.2Y/c1-2-13-6-3-9-15(12-13)18-17-11-5-8-14-7-4-10-16(14)17;1-2-13-5-3-8-16(11-13)18-17-10-9-14-6-4-7-15(14)12-17;;/h3,5-6,8-9,11,18H,1-2,4,7,10H2;3,8-12,18H,1-2,4,6-7H2;;/q2*-2;;. The molecule has 0 heterocycles. The summed E-state index contributed by atoms with van der Waals surface area (Å²) in [5.74, 6) is 0. The maximum atomic E-state index is 3.90. The van der Waals surface area contributed by atoms with Crippen LogP contribution in [0, 0.1) is 26.0 Å². The van der Waals surface area contributed by atoms with Crippen molar-refractivity contribution in [2.75, 3.05) is 10.6 Å². The molecule has 0 saturated carbocycles. The van der Waals surface area contributed by atoms with Gasteiger partial charge in [0.25, 0.3) is 0 Å². The van der Waals surface area contributed by atoms with E-state index in [1.165, 1.54) is 72.2 Å². The van der Waals surface area contributed by atoms with Gasteiger partial charge in [-0.1, -0.05) is 29.6 Å². The van der Waals surface area contributed by atoms with E-state index in [0.29, 0.717) is 0 Å². The van der Waals surface area contributed by atoms with Crippen LogP contribution in [-0.2, 0) is 104 Å². The molecule has 4 aromatic carbocycles. The summed E-state index contributed by atoms with van der Waals surface area (Å²) in [6, 6.07) is 32.1. The van der Waals surface area contributed by atoms with Gasteiger partial charge in [-0.2, -0.15) is 54.3 Å². The third-order valence-corrected chi connectivity index (χ3v) is 7.06. The molecule has 4 aromatic rings. The van der Waals surface area contributed by atoms with Gasteiger partial charge in [0.15, 0.2) is 0 Å². The van der Waals surface area contributed by atoms with Crippen LogP contribution >= 0.6 is 0 Å². The Bertz CT molecular complexity index is 1330. The van der Waals surface area contributed by atoms with E-state index in [0.717, 1.165) is 35.3 Å². The van der Waals surface area contributed by atoms with Gasteiger partial charge in [0, 0.05) is 76.8 Å². The summed E-state index contributed by atoms with van der Waals surface area (Å²) in [7, 11) is 0. The third-order valence-electron chi connectivity index (χ3n) is 7.06. The quantitative estimate of drug-likeness (QED) is 0.206. The zero-order valence-corrected chi connectivity index (χ0v) is 27.8. The fraction of sp³-hybridized carbons (Fsp3) is 0.235. The van der Waals surface area contributed by atoms with Crippen molar-refractivity contribution in [3.05, 3.63) is 132 Å². The number of hydrogen-bond acceptors (Lipinski definition) is 2. The number of anilines is 4. The Hall–Kier alpha value is -1.31. The summed E-state index contributed by atoms with van der Waals surface area (Å²) < 4.78 is 0. The molecule has 0 aromatic heterocycles. The average Bonchev–Trinajstić information content (AvgIpc) is 3.59. The van der Waals surface area contributed by atoms with E-state index in [1.807, 2.05) is 12.1 Å². The molecule has 0 saturated heterocycles. The molecule has 6 rings (SSSR count). The second-order valence-corrected chi connectivity index (χ2v) is 9.58. The van der Waals surface area contributed by atoms with Crippen molar-refractivity contribution >= 4 is 22.7 Å². The van der Waals surface area contributed by atoms with Gasteiger partial charge in [0.2, 0.25) is 0 Å². The van der Waals surface area contributed by atoms with Crippen molar-refractivity contribution in [3.63, 3.8) is 0 Å². The van der Waals surface area contributed by atoms with Gasteiger partial charge in [-0.05, 0) is 79.0 Å². The average molecular weight is 648 g/mol. The maximum Gasteiger partial charge on any atom is 0.0401 e. The molecule has 4 heteroatoms. The number of rotatable bonds is 6. The monoisotopic (exact) mass is 648 g/mol. The number of benzene rings is 4. The largest absolute Gasteiger partial charge is 0.378 e. The molecule has 0 atom stereocenters. The number of aryl methyl sites for hydroxylation is 3. The van der Waals surface area contributed by atoms with Crippen molar-refractivity contribution < 1.29 is 65.4 Å². The summed E-state index contributed by atoms with van der Waals surface area (Å²) >= 11 is 0. The smallest absolute Gasteiger partial charge is 0.0401 e. The summed E-state index contributed by atoms with van der Waals surface area (Å²) in [5, 5.41) is 6.96. The van der Waals surface area contributed by atoms with E-state index in [4.69, 9.17) is 0 Å². The van der Waals surface area contributed by atoms with E-state index in [1.54, 1.807) is 0 Å². The Morgan fingerprint density at radius 2 is 1.39 bits per heavy atom. The zero-order valence-electron chi connectivity index (χ0n) is 22.2. The van der Waals surface area contributed by atoms with Gasteiger partial charge in [-0.25, -0.2) is 0 Å². The minimum Gasteiger partial charge on any atom is -0.378 e. The van der Waals surface area contributed by atoms with Crippen LogP contribution in [-0.4, -0.2) is 0 Å². The molecule has 0 aliphatic heterocycles. The molecule has 38 heavy (non-hydrogen) atoms. The summed E-state index contributed by atoms with van der Waals surface area (Å²) in [4.78, 5) is 0. The third kappa shape index (κ3) is 8.11. The molecule has 0 amide bonds. The fourth-order valence-corrected chi connectivity index (χ4v) is 5.17.